The molecule has 0 amide bonds. The summed E-state index contributed by atoms with van der Waals surface area (Å²) in [6.07, 6.45) is 2.39. The Balaban J connectivity index is 1.53. The van der Waals surface area contributed by atoms with Crippen molar-refractivity contribution in [3.63, 3.8) is 0 Å². The lowest BCUT2D eigenvalue weighted by molar-refractivity contribution is 0.589. The Morgan fingerprint density at radius 3 is 2.69 bits per heavy atom. The van der Waals surface area contributed by atoms with Crippen molar-refractivity contribution in [3.8, 4) is 11.3 Å². The van der Waals surface area contributed by atoms with Crippen LogP contribution in [-0.2, 0) is 0 Å². The maximum atomic E-state index is 6.08. The number of thiophene rings is 1. The van der Waals surface area contributed by atoms with Crippen molar-refractivity contribution in [2.24, 2.45) is 5.73 Å². The number of aromatic nitrogens is 1. The third-order valence-electron chi connectivity index (χ3n) is 6.19. The van der Waals surface area contributed by atoms with Gasteiger partial charge >= 0.3 is 0 Å². The minimum Gasteiger partial charge on any atom is -0.369 e. The van der Waals surface area contributed by atoms with Gasteiger partial charge in [0.05, 0.1) is 21.6 Å². The van der Waals surface area contributed by atoms with Crippen LogP contribution in [0.1, 0.15) is 17.7 Å². The van der Waals surface area contributed by atoms with Crippen molar-refractivity contribution in [2.75, 3.05) is 49.1 Å². The minimum atomic E-state index is 0.436. The molecule has 1 aromatic carbocycles. The molecule has 2 fully saturated rings. The van der Waals surface area contributed by atoms with Gasteiger partial charge in [-0.1, -0.05) is 12.1 Å². The third-order valence-corrected chi connectivity index (χ3v) is 7.25. The molecule has 5 rings (SSSR count). The standard InChI is InChI=1S/C23H29N5S/c1-16-13-21-23(29-16)22(28-10-2-3-19(28)15-24)14-20(26-21)17-4-6-18(7-5-17)27-11-8-25-9-12-27/h4-7,13-14,19,25H,2-3,8-12,15,24H2,1H3. The average Bonchev–Trinajstić information content (AvgIpc) is 3.39. The van der Waals surface area contributed by atoms with Crippen LogP contribution in [-0.4, -0.2) is 50.3 Å². The summed E-state index contributed by atoms with van der Waals surface area (Å²) in [6, 6.07) is 13.9. The van der Waals surface area contributed by atoms with Crippen LogP contribution in [0.4, 0.5) is 11.4 Å². The number of rotatable bonds is 4. The molecule has 1 atom stereocenters. The van der Waals surface area contributed by atoms with E-state index in [0.29, 0.717) is 12.6 Å². The first-order chi connectivity index (χ1) is 14.2. The maximum absolute atomic E-state index is 6.08. The zero-order valence-electron chi connectivity index (χ0n) is 17.0. The molecule has 5 nitrogen and oxygen atoms in total. The van der Waals surface area contributed by atoms with E-state index in [2.05, 4.69) is 58.4 Å². The summed E-state index contributed by atoms with van der Waals surface area (Å²) in [7, 11) is 0. The number of hydrogen-bond donors (Lipinski definition) is 2. The van der Waals surface area contributed by atoms with E-state index in [1.807, 2.05) is 11.3 Å². The lowest BCUT2D eigenvalue weighted by Crippen LogP contribution is -2.43. The molecule has 1 unspecified atom stereocenters. The summed E-state index contributed by atoms with van der Waals surface area (Å²) >= 11 is 1.85. The molecule has 2 aromatic heterocycles. The van der Waals surface area contributed by atoms with Crippen molar-refractivity contribution in [1.82, 2.24) is 10.3 Å². The van der Waals surface area contributed by atoms with E-state index in [4.69, 9.17) is 10.7 Å². The van der Waals surface area contributed by atoms with Crippen LogP contribution in [0, 0.1) is 6.92 Å². The first kappa shape index (κ1) is 18.9. The zero-order valence-corrected chi connectivity index (χ0v) is 17.8. The topological polar surface area (TPSA) is 57.4 Å². The quantitative estimate of drug-likeness (QED) is 0.692. The molecule has 152 valence electrons. The monoisotopic (exact) mass is 407 g/mol. The van der Waals surface area contributed by atoms with Crippen molar-refractivity contribution < 1.29 is 0 Å². The molecule has 0 spiro atoms. The van der Waals surface area contributed by atoms with Gasteiger partial charge in [0.25, 0.3) is 0 Å². The number of piperazine rings is 1. The first-order valence-corrected chi connectivity index (χ1v) is 11.5. The highest BCUT2D eigenvalue weighted by atomic mass is 32.1. The van der Waals surface area contributed by atoms with Gasteiger partial charge in [-0.2, -0.15) is 0 Å². The maximum Gasteiger partial charge on any atom is 0.0841 e. The minimum absolute atomic E-state index is 0.436. The van der Waals surface area contributed by atoms with Gasteiger partial charge < -0.3 is 20.9 Å². The van der Waals surface area contributed by atoms with Crippen LogP contribution in [0.25, 0.3) is 21.5 Å². The lowest BCUT2D eigenvalue weighted by atomic mass is 10.1. The predicted molar refractivity (Wildman–Crippen MR) is 124 cm³/mol. The van der Waals surface area contributed by atoms with Crippen LogP contribution in [0.2, 0.25) is 0 Å². The van der Waals surface area contributed by atoms with E-state index in [1.165, 1.54) is 39.4 Å². The zero-order chi connectivity index (χ0) is 19.8. The number of anilines is 2. The van der Waals surface area contributed by atoms with Crippen LogP contribution in [0.15, 0.2) is 36.4 Å². The number of benzene rings is 1. The van der Waals surface area contributed by atoms with E-state index in [-0.39, 0.29) is 0 Å². The smallest absolute Gasteiger partial charge is 0.0841 e. The molecular weight excluding hydrogens is 378 g/mol. The summed E-state index contributed by atoms with van der Waals surface area (Å²) < 4.78 is 1.30. The van der Waals surface area contributed by atoms with Crippen molar-refractivity contribution in [2.45, 2.75) is 25.8 Å². The van der Waals surface area contributed by atoms with Gasteiger partial charge in [0.2, 0.25) is 0 Å². The molecule has 0 radical (unpaired) electrons. The molecule has 2 aliphatic heterocycles. The van der Waals surface area contributed by atoms with Gasteiger partial charge in [-0.3, -0.25) is 0 Å². The summed E-state index contributed by atoms with van der Waals surface area (Å²) in [5, 5.41) is 3.42. The van der Waals surface area contributed by atoms with Gasteiger partial charge in [-0.15, -0.1) is 11.3 Å². The average molecular weight is 408 g/mol. The van der Waals surface area contributed by atoms with Crippen molar-refractivity contribution in [1.29, 1.82) is 0 Å². The second-order valence-corrected chi connectivity index (χ2v) is 9.36. The number of hydrogen-bond acceptors (Lipinski definition) is 6. The van der Waals surface area contributed by atoms with Crippen molar-refractivity contribution in [3.05, 3.63) is 41.3 Å². The highest BCUT2D eigenvalue weighted by molar-refractivity contribution is 7.19. The Morgan fingerprint density at radius 2 is 1.93 bits per heavy atom. The molecular formula is C23H29N5S. The highest BCUT2D eigenvalue weighted by Crippen LogP contribution is 2.39. The molecule has 6 heteroatoms. The summed E-state index contributed by atoms with van der Waals surface area (Å²) in [4.78, 5) is 11.3. The van der Waals surface area contributed by atoms with Gasteiger partial charge in [0, 0.05) is 61.4 Å². The van der Waals surface area contributed by atoms with Gasteiger partial charge in [0.1, 0.15) is 0 Å². The third kappa shape index (κ3) is 3.61. The van der Waals surface area contributed by atoms with Crippen LogP contribution >= 0.6 is 11.3 Å². The molecule has 4 heterocycles. The van der Waals surface area contributed by atoms with E-state index in [0.717, 1.165) is 43.9 Å². The fourth-order valence-corrected chi connectivity index (χ4v) is 5.63. The Morgan fingerprint density at radius 1 is 1.14 bits per heavy atom. The van der Waals surface area contributed by atoms with Gasteiger partial charge in [0.15, 0.2) is 0 Å². The largest absolute Gasteiger partial charge is 0.369 e. The molecule has 0 bridgehead atoms. The molecule has 3 N–H and O–H groups in total. The van der Waals surface area contributed by atoms with Gasteiger partial charge in [-0.05, 0) is 44.0 Å². The van der Waals surface area contributed by atoms with Crippen molar-refractivity contribution >= 4 is 32.9 Å². The van der Waals surface area contributed by atoms with E-state index in [1.54, 1.807) is 0 Å². The molecule has 2 aliphatic rings. The molecule has 29 heavy (non-hydrogen) atoms. The second kappa shape index (κ2) is 7.94. The molecule has 0 saturated carbocycles. The predicted octanol–water partition coefficient (Wildman–Crippen LogP) is 3.61. The fraction of sp³-hybridized carbons (Fsp3) is 0.435. The summed E-state index contributed by atoms with van der Waals surface area (Å²) in [6.45, 7) is 8.21. The van der Waals surface area contributed by atoms with E-state index >= 15 is 0 Å². The SMILES string of the molecule is Cc1cc2nc(-c3ccc(N4CCNCC4)cc3)cc(N3CCCC3CN)c2s1. The number of nitrogens with one attached hydrogen (secondary N) is 1. The lowest BCUT2D eigenvalue weighted by Gasteiger charge is -2.29. The highest BCUT2D eigenvalue weighted by Gasteiger charge is 2.26. The number of aryl methyl sites for hydroxylation is 1. The normalized spacial score (nSPS) is 20.0. The van der Waals surface area contributed by atoms with Crippen LogP contribution in [0.5, 0.6) is 0 Å². The number of nitrogens with two attached hydrogens (primary N) is 1. The Bertz CT molecular complexity index is 990. The second-order valence-electron chi connectivity index (χ2n) is 8.11. The van der Waals surface area contributed by atoms with Gasteiger partial charge in [-0.25, -0.2) is 4.98 Å². The van der Waals surface area contributed by atoms with E-state index in [9.17, 15) is 0 Å². The molecule has 3 aromatic rings. The molecule has 2 saturated heterocycles. The Hall–Kier alpha value is -2.15. The number of nitrogens with zero attached hydrogens (tertiary/aromatic N) is 3. The molecule has 0 aliphatic carbocycles. The van der Waals surface area contributed by atoms with E-state index < -0.39 is 0 Å². The Labute approximate surface area is 176 Å². The first-order valence-electron chi connectivity index (χ1n) is 10.7. The number of pyridine rings is 1. The Kier molecular flexibility index (Phi) is 5.16. The number of fused-ring (bicyclic) bond motifs is 1. The van der Waals surface area contributed by atoms with Crippen LogP contribution < -0.4 is 20.9 Å². The summed E-state index contributed by atoms with van der Waals surface area (Å²) in [5.74, 6) is 0. The fourth-order valence-electron chi connectivity index (χ4n) is 4.65. The van der Waals surface area contributed by atoms with Crippen LogP contribution in [0.3, 0.4) is 0 Å². The summed E-state index contributed by atoms with van der Waals surface area (Å²) in [5.41, 5.74) is 12.0.